The molecule has 0 aliphatic heterocycles. The maximum absolute atomic E-state index is 10.5. The summed E-state index contributed by atoms with van der Waals surface area (Å²) in [6.45, 7) is 2.65. The molecule has 0 N–H and O–H groups in total. The Morgan fingerprint density at radius 3 is 2.40 bits per heavy atom. The molecule has 0 aliphatic rings. The lowest BCUT2D eigenvalue weighted by atomic mass is 10.2. The number of unbranched alkanes of at least 4 members (excludes halogenated alkanes) is 1. The molecule has 0 bridgehead atoms. The van der Waals surface area contributed by atoms with Gasteiger partial charge in [-0.2, -0.15) is 0 Å². The molecular formula is C11H12Cl2O2. The Labute approximate surface area is 99.1 Å². The first-order valence-electron chi connectivity index (χ1n) is 4.76. The number of rotatable bonds is 5. The third-order valence-corrected chi connectivity index (χ3v) is 2.46. The predicted octanol–water partition coefficient (Wildman–Crippen LogP) is 3.98. The molecule has 82 valence electrons. The van der Waals surface area contributed by atoms with Gasteiger partial charge in [0.15, 0.2) is 5.75 Å². The van der Waals surface area contributed by atoms with Crippen LogP contribution in [0.1, 0.15) is 30.1 Å². The van der Waals surface area contributed by atoms with Crippen molar-refractivity contribution in [2.45, 2.75) is 19.8 Å². The number of hydrogen-bond donors (Lipinski definition) is 0. The van der Waals surface area contributed by atoms with Crippen LogP contribution in [0.2, 0.25) is 10.0 Å². The first kappa shape index (κ1) is 12.3. The van der Waals surface area contributed by atoms with Gasteiger partial charge >= 0.3 is 0 Å². The van der Waals surface area contributed by atoms with Crippen molar-refractivity contribution in [3.63, 3.8) is 0 Å². The van der Waals surface area contributed by atoms with Crippen LogP contribution >= 0.6 is 23.2 Å². The molecule has 0 amide bonds. The lowest BCUT2D eigenvalue weighted by Crippen LogP contribution is -1.98. The van der Waals surface area contributed by atoms with Crippen LogP contribution in [-0.2, 0) is 0 Å². The highest BCUT2D eigenvalue weighted by Crippen LogP contribution is 2.33. The normalized spacial score (nSPS) is 10.1. The van der Waals surface area contributed by atoms with E-state index in [0.717, 1.165) is 12.8 Å². The molecule has 2 nitrogen and oxygen atoms in total. The Bertz CT molecular complexity index is 327. The highest BCUT2D eigenvalue weighted by molar-refractivity contribution is 6.37. The van der Waals surface area contributed by atoms with Crippen LogP contribution in [0.25, 0.3) is 0 Å². The molecule has 0 heterocycles. The fourth-order valence-electron chi connectivity index (χ4n) is 1.10. The first-order valence-corrected chi connectivity index (χ1v) is 5.51. The number of aldehydes is 1. The van der Waals surface area contributed by atoms with Gasteiger partial charge in [-0.25, -0.2) is 0 Å². The van der Waals surface area contributed by atoms with E-state index in [9.17, 15) is 4.79 Å². The van der Waals surface area contributed by atoms with Gasteiger partial charge in [0.1, 0.15) is 6.29 Å². The van der Waals surface area contributed by atoms with E-state index in [-0.39, 0.29) is 0 Å². The van der Waals surface area contributed by atoms with Crippen molar-refractivity contribution in [3.05, 3.63) is 27.7 Å². The zero-order chi connectivity index (χ0) is 11.3. The molecule has 0 saturated heterocycles. The van der Waals surface area contributed by atoms with Crippen molar-refractivity contribution < 1.29 is 9.53 Å². The van der Waals surface area contributed by atoms with Gasteiger partial charge in [0.05, 0.1) is 16.7 Å². The summed E-state index contributed by atoms with van der Waals surface area (Å²) in [7, 11) is 0. The van der Waals surface area contributed by atoms with Gasteiger partial charge in [-0.15, -0.1) is 0 Å². The van der Waals surface area contributed by atoms with Crippen molar-refractivity contribution in [3.8, 4) is 5.75 Å². The average molecular weight is 247 g/mol. The monoisotopic (exact) mass is 246 g/mol. The molecular weight excluding hydrogens is 235 g/mol. The first-order chi connectivity index (χ1) is 7.19. The highest BCUT2D eigenvalue weighted by Gasteiger charge is 2.09. The molecule has 0 atom stereocenters. The summed E-state index contributed by atoms with van der Waals surface area (Å²) in [5, 5.41) is 0.751. The van der Waals surface area contributed by atoms with E-state index >= 15 is 0 Å². The van der Waals surface area contributed by atoms with Crippen LogP contribution in [0.3, 0.4) is 0 Å². The number of ether oxygens (including phenoxy) is 1. The summed E-state index contributed by atoms with van der Waals surface area (Å²) >= 11 is 11.8. The summed E-state index contributed by atoms with van der Waals surface area (Å²) in [6.07, 6.45) is 2.69. The van der Waals surface area contributed by atoms with Gasteiger partial charge < -0.3 is 4.74 Å². The molecule has 0 spiro atoms. The summed E-state index contributed by atoms with van der Waals surface area (Å²) < 4.78 is 5.43. The molecule has 1 aromatic rings. The van der Waals surface area contributed by atoms with Gasteiger partial charge in [-0.3, -0.25) is 4.79 Å². The Balaban J connectivity index is 2.83. The zero-order valence-corrected chi connectivity index (χ0v) is 9.94. The van der Waals surface area contributed by atoms with E-state index in [1.165, 1.54) is 0 Å². The van der Waals surface area contributed by atoms with Crippen molar-refractivity contribution in [1.82, 2.24) is 0 Å². The number of halogens is 2. The van der Waals surface area contributed by atoms with E-state index in [1.807, 2.05) is 0 Å². The summed E-state index contributed by atoms with van der Waals surface area (Å²) in [4.78, 5) is 10.5. The largest absolute Gasteiger partial charge is 0.490 e. The Kier molecular flexibility index (Phi) is 4.92. The molecule has 1 rings (SSSR count). The highest BCUT2D eigenvalue weighted by atomic mass is 35.5. The third-order valence-electron chi connectivity index (χ3n) is 1.90. The van der Waals surface area contributed by atoms with Crippen LogP contribution in [-0.4, -0.2) is 12.9 Å². The quantitative estimate of drug-likeness (QED) is 0.581. The third kappa shape index (κ3) is 3.40. The minimum Gasteiger partial charge on any atom is -0.490 e. The number of hydrogen-bond acceptors (Lipinski definition) is 2. The Morgan fingerprint density at radius 1 is 1.33 bits per heavy atom. The van der Waals surface area contributed by atoms with Crippen molar-refractivity contribution >= 4 is 29.5 Å². The van der Waals surface area contributed by atoms with Crippen LogP contribution in [0, 0.1) is 0 Å². The number of benzene rings is 1. The molecule has 0 radical (unpaired) electrons. The second-order valence-electron chi connectivity index (χ2n) is 3.13. The van der Waals surface area contributed by atoms with Crippen LogP contribution < -0.4 is 4.74 Å². The van der Waals surface area contributed by atoms with E-state index in [0.29, 0.717) is 34.3 Å². The maximum atomic E-state index is 10.5. The predicted molar refractivity (Wildman–Crippen MR) is 62.3 cm³/mol. The summed E-state index contributed by atoms with van der Waals surface area (Å²) in [5.41, 5.74) is 0.452. The Hall–Kier alpha value is -0.730. The van der Waals surface area contributed by atoms with E-state index < -0.39 is 0 Å². The fourth-order valence-corrected chi connectivity index (χ4v) is 1.72. The smallest absolute Gasteiger partial charge is 0.156 e. The lowest BCUT2D eigenvalue weighted by molar-refractivity contribution is 0.112. The van der Waals surface area contributed by atoms with Crippen LogP contribution in [0.4, 0.5) is 0 Å². The molecule has 0 unspecified atom stereocenters. The lowest BCUT2D eigenvalue weighted by Gasteiger charge is -2.09. The van der Waals surface area contributed by atoms with Crippen molar-refractivity contribution in [2.75, 3.05) is 6.61 Å². The minimum atomic E-state index is 0.376. The zero-order valence-electron chi connectivity index (χ0n) is 8.43. The standard InChI is InChI=1S/C11H12Cl2O2/c1-2-3-4-15-11-9(12)5-8(7-14)6-10(11)13/h5-7H,2-4H2,1H3. The molecule has 4 heteroatoms. The van der Waals surface area contributed by atoms with Gasteiger partial charge in [0.25, 0.3) is 0 Å². The second-order valence-corrected chi connectivity index (χ2v) is 3.95. The molecule has 15 heavy (non-hydrogen) atoms. The van der Waals surface area contributed by atoms with Crippen LogP contribution in [0.5, 0.6) is 5.75 Å². The summed E-state index contributed by atoms with van der Waals surface area (Å²) in [6, 6.07) is 3.09. The fraction of sp³-hybridized carbons (Fsp3) is 0.364. The van der Waals surface area contributed by atoms with Gasteiger partial charge in [0, 0.05) is 5.56 Å². The second kappa shape index (κ2) is 5.99. The van der Waals surface area contributed by atoms with Crippen molar-refractivity contribution in [2.24, 2.45) is 0 Å². The van der Waals surface area contributed by atoms with E-state index in [1.54, 1.807) is 12.1 Å². The van der Waals surface area contributed by atoms with Gasteiger partial charge in [-0.05, 0) is 18.6 Å². The molecule has 0 saturated carbocycles. The SMILES string of the molecule is CCCCOc1c(Cl)cc(C=O)cc1Cl. The minimum absolute atomic E-state index is 0.376. The molecule has 0 aliphatic carbocycles. The number of carbonyl (C=O) groups excluding carboxylic acids is 1. The Morgan fingerprint density at radius 2 is 1.93 bits per heavy atom. The topological polar surface area (TPSA) is 26.3 Å². The number of carbonyl (C=O) groups is 1. The van der Waals surface area contributed by atoms with Crippen molar-refractivity contribution in [1.29, 1.82) is 0 Å². The molecule has 1 aromatic carbocycles. The maximum Gasteiger partial charge on any atom is 0.156 e. The summed E-state index contributed by atoms with van der Waals surface area (Å²) in [5.74, 6) is 0.456. The van der Waals surface area contributed by atoms with E-state index in [2.05, 4.69) is 6.92 Å². The van der Waals surface area contributed by atoms with E-state index in [4.69, 9.17) is 27.9 Å². The van der Waals surface area contributed by atoms with Crippen LogP contribution in [0.15, 0.2) is 12.1 Å². The van der Waals surface area contributed by atoms with Gasteiger partial charge in [0.2, 0.25) is 0 Å². The molecule has 0 fully saturated rings. The van der Waals surface area contributed by atoms with Gasteiger partial charge in [-0.1, -0.05) is 36.5 Å². The average Bonchev–Trinajstić information content (AvgIpc) is 2.22. The molecule has 0 aromatic heterocycles.